The molecule has 0 amide bonds. The fraction of sp³-hybridized carbons (Fsp3) is 0.760. The van der Waals surface area contributed by atoms with Gasteiger partial charge in [0.2, 0.25) is 0 Å². The smallest absolute Gasteiger partial charge is 0.294 e. The number of hydrogen-bond donors (Lipinski definition) is 1. The van der Waals surface area contributed by atoms with Gasteiger partial charge in [0.1, 0.15) is 5.75 Å². The van der Waals surface area contributed by atoms with Crippen molar-refractivity contribution in [1.29, 1.82) is 0 Å². The zero-order valence-corrected chi connectivity index (χ0v) is 20.1. The first-order valence-corrected chi connectivity index (χ1v) is 13.6. The molecule has 4 nitrogen and oxygen atoms in total. The summed E-state index contributed by atoms with van der Waals surface area (Å²) in [5.74, 6) is 0.654. The Morgan fingerprint density at radius 1 is 0.733 bits per heavy atom. The maximum Gasteiger partial charge on any atom is 0.294 e. The Hall–Kier alpha value is -1.07. The summed E-state index contributed by atoms with van der Waals surface area (Å²) < 4.78 is 37.2. The van der Waals surface area contributed by atoms with Gasteiger partial charge in [-0.3, -0.25) is 4.55 Å². The topological polar surface area (TPSA) is 63.6 Å². The van der Waals surface area contributed by atoms with Gasteiger partial charge in [-0.15, -0.1) is 0 Å². The lowest BCUT2D eigenvalue weighted by Crippen LogP contribution is -2.02. The van der Waals surface area contributed by atoms with Crippen LogP contribution < -0.4 is 4.74 Å². The van der Waals surface area contributed by atoms with Crippen molar-refractivity contribution < 1.29 is 17.7 Å². The molecule has 1 N–H and O–H groups in total. The highest BCUT2D eigenvalue weighted by Crippen LogP contribution is 2.21. The molecule has 0 radical (unpaired) electrons. The van der Waals surface area contributed by atoms with E-state index >= 15 is 0 Å². The molecule has 0 heterocycles. The average molecular weight is 441 g/mol. The second-order valence-corrected chi connectivity index (χ2v) is 9.94. The predicted molar refractivity (Wildman–Crippen MR) is 126 cm³/mol. The lowest BCUT2D eigenvalue weighted by Gasteiger charge is -2.09. The Kier molecular flexibility index (Phi) is 14.9. The number of aryl methyl sites for hydroxylation is 1. The zero-order chi connectivity index (χ0) is 22.1. The first kappa shape index (κ1) is 27.0. The van der Waals surface area contributed by atoms with Gasteiger partial charge in [-0.2, -0.15) is 8.42 Å². The van der Waals surface area contributed by atoms with Crippen LogP contribution in [0.4, 0.5) is 0 Å². The van der Waals surface area contributed by atoms with Gasteiger partial charge in [-0.25, -0.2) is 0 Å². The van der Waals surface area contributed by atoms with Gasteiger partial charge in [0.15, 0.2) is 0 Å². The van der Waals surface area contributed by atoms with Gasteiger partial charge in [0, 0.05) is 0 Å². The number of hydrogen-bond acceptors (Lipinski definition) is 3. The molecule has 0 saturated heterocycles. The van der Waals surface area contributed by atoms with Crippen molar-refractivity contribution in [1.82, 2.24) is 0 Å². The summed E-state index contributed by atoms with van der Waals surface area (Å²) in [6, 6.07) is 4.66. The zero-order valence-electron chi connectivity index (χ0n) is 19.3. The summed E-state index contributed by atoms with van der Waals surface area (Å²) in [5, 5.41) is 0. The third kappa shape index (κ3) is 13.3. The summed E-state index contributed by atoms with van der Waals surface area (Å²) in [5.41, 5.74) is 0.502. The van der Waals surface area contributed by atoms with E-state index in [9.17, 15) is 8.42 Å². The van der Waals surface area contributed by atoms with Crippen LogP contribution in [0.1, 0.15) is 115 Å². The van der Waals surface area contributed by atoms with Crippen molar-refractivity contribution in [2.75, 3.05) is 6.61 Å². The molecule has 1 aromatic carbocycles. The monoisotopic (exact) mass is 440 g/mol. The van der Waals surface area contributed by atoms with E-state index in [4.69, 9.17) is 9.29 Å². The number of ether oxygens (including phenoxy) is 1. The Morgan fingerprint density at radius 3 is 1.57 bits per heavy atom. The van der Waals surface area contributed by atoms with Crippen LogP contribution in [-0.4, -0.2) is 19.6 Å². The number of rotatable bonds is 19. The van der Waals surface area contributed by atoms with Crippen LogP contribution in [0.3, 0.4) is 0 Å². The van der Waals surface area contributed by atoms with Crippen molar-refractivity contribution in [3.8, 4) is 5.75 Å². The first-order valence-electron chi connectivity index (χ1n) is 12.2. The minimum atomic E-state index is -4.16. The molecule has 0 aliphatic carbocycles. The fourth-order valence-electron chi connectivity index (χ4n) is 3.84. The van der Waals surface area contributed by atoms with E-state index in [1.165, 1.54) is 102 Å². The van der Waals surface area contributed by atoms with E-state index in [0.717, 1.165) is 6.42 Å². The van der Waals surface area contributed by atoms with Crippen LogP contribution in [-0.2, 0) is 10.1 Å². The minimum absolute atomic E-state index is 0.0581. The van der Waals surface area contributed by atoms with Gasteiger partial charge in [-0.1, -0.05) is 103 Å². The second kappa shape index (κ2) is 16.6. The largest absolute Gasteiger partial charge is 0.494 e. The minimum Gasteiger partial charge on any atom is -0.494 e. The molecule has 1 rings (SSSR count). The lowest BCUT2D eigenvalue weighted by molar-refractivity contribution is 0.304. The van der Waals surface area contributed by atoms with E-state index < -0.39 is 10.1 Å². The Morgan fingerprint density at radius 2 is 1.17 bits per heavy atom. The summed E-state index contributed by atoms with van der Waals surface area (Å²) in [6.07, 6.45) is 21.5. The standard InChI is InChI=1S/C25H44O4S/c1-3-4-5-6-7-8-9-10-11-12-13-14-15-16-17-18-21-29-24-19-20-25(23(2)22-24)30(26,27)28/h19-20,22H,3-18,21H2,1-2H3,(H,26,27,28). The van der Waals surface area contributed by atoms with Crippen molar-refractivity contribution in [2.45, 2.75) is 121 Å². The molecule has 0 saturated carbocycles. The molecule has 0 aliphatic rings. The van der Waals surface area contributed by atoms with Crippen LogP contribution >= 0.6 is 0 Å². The van der Waals surface area contributed by atoms with Crippen molar-refractivity contribution in [3.05, 3.63) is 23.8 Å². The molecule has 0 bridgehead atoms. The summed E-state index contributed by atoms with van der Waals surface area (Å²) in [6.45, 7) is 4.57. The van der Waals surface area contributed by atoms with Crippen molar-refractivity contribution in [2.24, 2.45) is 0 Å². The Bertz CT molecular complexity index is 655. The van der Waals surface area contributed by atoms with Crippen molar-refractivity contribution >= 4 is 10.1 Å². The summed E-state index contributed by atoms with van der Waals surface area (Å²) >= 11 is 0. The van der Waals surface area contributed by atoms with Crippen LogP contribution in [0.25, 0.3) is 0 Å². The molecular formula is C25H44O4S. The predicted octanol–water partition coefficient (Wildman–Crippen LogP) is 7.88. The molecular weight excluding hydrogens is 396 g/mol. The van der Waals surface area contributed by atoms with Crippen LogP contribution in [0.2, 0.25) is 0 Å². The number of unbranched alkanes of at least 4 members (excludes halogenated alkanes) is 15. The first-order chi connectivity index (χ1) is 14.4. The molecule has 0 aromatic heterocycles. The van der Waals surface area contributed by atoms with Gasteiger partial charge in [0.05, 0.1) is 11.5 Å². The van der Waals surface area contributed by atoms with E-state index in [0.29, 0.717) is 17.9 Å². The lowest BCUT2D eigenvalue weighted by atomic mass is 10.0. The molecule has 30 heavy (non-hydrogen) atoms. The third-order valence-electron chi connectivity index (χ3n) is 5.69. The third-order valence-corrected chi connectivity index (χ3v) is 6.70. The molecule has 174 valence electrons. The Labute approximate surface area is 185 Å². The molecule has 1 aromatic rings. The fourth-order valence-corrected chi connectivity index (χ4v) is 4.55. The maximum atomic E-state index is 11.2. The Balaban J connectivity index is 1.90. The van der Waals surface area contributed by atoms with Crippen LogP contribution in [0, 0.1) is 6.92 Å². The number of benzene rings is 1. The summed E-state index contributed by atoms with van der Waals surface area (Å²) in [4.78, 5) is -0.0581. The van der Waals surface area contributed by atoms with Crippen LogP contribution in [0.15, 0.2) is 23.1 Å². The molecule has 0 fully saturated rings. The van der Waals surface area contributed by atoms with Gasteiger partial charge in [-0.05, 0) is 37.1 Å². The quantitative estimate of drug-likeness (QED) is 0.175. The SMILES string of the molecule is CCCCCCCCCCCCCCCCCCOc1ccc(S(=O)(=O)O)c(C)c1. The van der Waals surface area contributed by atoms with Crippen molar-refractivity contribution in [3.63, 3.8) is 0 Å². The highest BCUT2D eigenvalue weighted by molar-refractivity contribution is 7.85. The molecule has 0 spiro atoms. The molecule has 0 unspecified atom stereocenters. The normalized spacial score (nSPS) is 11.7. The van der Waals surface area contributed by atoms with E-state index in [1.807, 2.05) is 0 Å². The highest BCUT2D eigenvalue weighted by atomic mass is 32.2. The molecule has 0 atom stereocenters. The molecule has 0 aliphatic heterocycles. The van der Waals surface area contributed by atoms with E-state index in [-0.39, 0.29) is 4.90 Å². The highest BCUT2D eigenvalue weighted by Gasteiger charge is 2.13. The second-order valence-electron chi connectivity index (χ2n) is 8.55. The van der Waals surface area contributed by atoms with Gasteiger partial charge in [0.25, 0.3) is 10.1 Å². The summed E-state index contributed by atoms with van der Waals surface area (Å²) in [7, 11) is -4.16. The van der Waals surface area contributed by atoms with Gasteiger partial charge < -0.3 is 4.74 Å². The van der Waals surface area contributed by atoms with Crippen LogP contribution in [0.5, 0.6) is 5.75 Å². The van der Waals surface area contributed by atoms with E-state index in [1.54, 1.807) is 19.1 Å². The molecule has 5 heteroatoms. The maximum absolute atomic E-state index is 11.2. The van der Waals surface area contributed by atoms with Gasteiger partial charge >= 0.3 is 0 Å². The average Bonchev–Trinajstić information content (AvgIpc) is 2.69. The van der Waals surface area contributed by atoms with E-state index in [2.05, 4.69) is 6.92 Å².